The summed E-state index contributed by atoms with van der Waals surface area (Å²) in [4.78, 5) is 0.220. The van der Waals surface area contributed by atoms with Crippen molar-refractivity contribution in [2.24, 2.45) is 7.05 Å². The van der Waals surface area contributed by atoms with Crippen molar-refractivity contribution in [1.29, 1.82) is 0 Å². The second-order valence-corrected chi connectivity index (χ2v) is 6.48. The maximum absolute atomic E-state index is 12.3. The van der Waals surface area contributed by atoms with Crippen LogP contribution < -0.4 is 10.0 Å². The number of nitrogens with zero attached hydrogens (tertiary/aromatic N) is 2. The van der Waals surface area contributed by atoms with Gasteiger partial charge in [0.1, 0.15) is 4.90 Å². The molecule has 0 radical (unpaired) electrons. The lowest BCUT2D eigenvalue weighted by atomic mass is 10.3. The molecular formula is C13H18N4O2S. The zero-order valence-corrected chi connectivity index (χ0v) is 12.5. The summed E-state index contributed by atoms with van der Waals surface area (Å²) in [7, 11) is -1.74. The fraction of sp³-hybridized carbons (Fsp3) is 0.308. The van der Waals surface area contributed by atoms with Crippen LogP contribution in [0.3, 0.4) is 0 Å². The van der Waals surface area contributed by atoms with Crippen molar-refractivity contribution in [1.82, 2.24) is 14.5 Å². The minimum Gasteiger partial charge on any atom is -0.352 e. The van der Waals surface area contributed by atoms with Crippen molar-refractivity contribution < 1.29 is 8.42 Å². The van der Waals surface area contributed by atoms with E-state index in [0.29, 0.717) is 5.69 Å². The van der Waals surface area contributed by atoms with Gasteiger partial charge in [-0.25, -0.2) is 13.1 Å². The minimum atomic E-state index is -3.54. The number of aryl methyl sites for hydroxylation is 1. The Morgan fingerprint density at radius 1 is 1.25 bits per heavy atom. The quantitative estimate of drug-likeness (QED) is 0.882. The SMILES string of the molecule is CC(C)NS(=O)(=O)c1ccccc1Nc1cnn(C)c1. The van der Waals surface area contributed by atoms with Crippen molar-refractivity contribution >= 4 is 21.4 Å². The largest absolute Gasteiger partial charge is 0.352 e. The Labute approximate surface area is 118 Å². The number of nitrogens with one attached hydrogen (secondary N) is 2. The summed E-state index contributed by atoms with van der Waals surface area (Å²) in [5.41, 5.74) is 1.26. The summed E-state index contributed by atoms with van der Waals surface area (Å²) in [5, 5.41) is 7.11. The molecule has 2 aromatic rings. The fourth-order valence-corrected chi connectivity index (χ4v) is 3.23. The number of para-hydroxylation sites is 1. The molecule has 2 rings (SSSR count). The molecule has 6 nitrogen and oxygen atoms in total. The van der Waals surface area contributed by atoms with Gasteiger partial charge in [0.15, 0.2) is 0 Å². The van der Waals surface area contributed by atoms with Crippen LogP contribution in [0.15, 0.2) is 41.6 Å². The predicted molar refractivity (Wildman–Crippen MR) is 78.4 cm³/mol. The molecule has 0 unspecified atom stereocenters. The van der Waals surface area contributed by atoms with Crippen LogP contribution in [-0.4, -0.2) is 24.2 Å². The van der Waals surface area contributed by atoms with Crippen LogP contribution in [0.25, 0.3) is 0 Å². The van der Waals surface area contributed by atoms with Crippen LogP contribution >= 0.6 is 0 Å². The van der Waals surface area contributed by atoms with Crippen molar-refractivity contribution in [3.8, 4) is 0 Å². The molecule has 0 saturated carbocycles. The molecule has 0 aliphatic carbocycles. The van der Waals surface area contributed by atoms with Crippen molar-refractivity contribution in [3.63, 3.8) is 0 Å². The van der Waals surface area contributed by atoms with Gasteiger partial charge in [0.05, 0.1) is 17.6 Å². The molecule has 108 valence electrons. The number of hydrogen-bond donors (Lipinski definition) is 2. The van der Waals surface area contributed by atoms with Crippen LogP contribution in [0.4, 0.5) is 11.4 Å². The molecule has 0 amide bonds. The molecule has 1 heterocycles. The van der Waals surface area contributed by atoms with Crippen molar-refractivity contribution in [3.05, 3.63) is 36.7 Å². The number of aromatic nitrogens is 2. The van der Waals surface area contributed by atoms with Gasteiger partial charge < -0.3 is 5.32 Å². The number of rotatable bonds is 5. The van der Waals surface area contributed by atoms with E-state index in [1.165, 1.54) is 0 Å². The minimum absolute atomic E-state index is 0.161. The van der Waals surface area contributed by atoms with Gasteiger partial charge in [0.2, 0.25) is 10.0 Å². The van der Waals surface area contributed by atoms with Crippen LogP contribution in [0.1, 0.15) is 13.8 Å². The number of sulfonamides is 1. The van der Waals surface area contributed by atoms with Crippen LogP contribution in [0, 0.1) is 0 Å². The number of hydrogen-bond acceptors (Lipinski definition) is 4. The molecule has 0 saturated heterocycles. The Hall–Kier alpha value is -1.86. The highest BCUT2D eigenvalue weighted by Gasteiger charge is 2.19. The highest BCUT2D eigenvalue weighted by molar-refractivity contribution is 7.89. The smallest absolute Gasteiger partial charge is 0.242 e. The first-order valence-electron chi connectivity index (χ1n) is 6.25. The molecule has 7 heteroatoms. The van der Waals surface area contributed by atoms with E-state index >= 15 is 0 Å². The van der Waals surface area contributed by atoms with E-state index < -0.39 is 10.0 Å². The van der Waals surface area contributed by atoms with Crippen LogP contribution in [-0.2, 0) is 17.1 Å². The summed E-state index contributed by atoms with van der Waals surface area (Å²) in [5.74, 6) is 0. The molecule has 1 aromatic heterocycles. The van der Waals surface area contributed by atoms with E-state index in [4.69, 9.17) is 0 Å². The maximum atomic E-state index is 12.3. The first kappa shape index (κ1) is 14.5. The summed E-state index contributed by atoms with van der Waals surface area (Å²) in [6.07, 6.45) is 3.42. The Balaban J connectivity index is 2.35. The number of benzene rings is 1. The molecule has 0 bridgehead atoms. The molecule has 2 N–H and O–H groups in total. The van der Waals surface area contributed by atoms with Gasteiger partial charge in [0, 0.05) is 19.3 Å². The van der Waals surface area contributed by atoms with Gasteiger partial charge in [-0.1, -0.05) is 12.1 Å². The Bertz CT molecular complexity index is 692. The topological polar surface area (TPSA) is 76.0 Å². The summed E-state index contributed by atoms with van der Waals surface area (Å²) >= 11 is 0. The molecule has 0 atom stereocenters. The van der Waals surface area contributed by atoms with E-state index in [9.17, 15) is 8.42 Å². The molecule has 0 aliphatic rings. The Morgan fingerprint density at radius 3 is 2.55 bits per heavy atom. The third kappa shape index (κ3) is 3.37. The van der Waals surface area contributed by atoms with E-state index in [1.807, 2.05) is 0 Å². The van der Waals surface area contributed by atoms with Crippen LogP contribution in [0.5, 0.6) is 0 Å². The molecule has 1 aromatic carbocycles. The average Bonchev–Trinajstić information content (AvgIpc) is 2.73. The molecule has 0 aliphatic heterocycles. The van der Waals surface area contributed by atoms with Gasteiger partial charge in [-0.3, -0.25) is 4.68 Å². The lowest BCUT2D eigenvalue weighted by Gasteiger charge is -2.13. The second-order valence-electron chi connectivity index (χ2n) is 4.80. The van der Waals surface area contributed by atoms with Crippen molar-refractivity contribution in [2.75, 3.05) is 5.32 Å². The Kier molecular flexibility index (Phi) is 4.10. The van der Waals surface area contributed by atoms with E-state index in [2.05, 4.69) is 15.1 Å². The zero-order chi connectivity index (χ0) is 14.8. The Morgan fingerprint density at radius 2 is 1.95 bits per heavy atom. The van der Waals surface area contributed by atoms with Gasteiger partial charge in [-0.2, -0.15) is 5.10 Å². The third-order valence-corrected chi connectivity index (χ3v) is 4.27. The van der Waals surface area contributed by atoms with Crippen LogP contribution in [0.2, 0.25) is 0 Å². The van der Waals surface area contributed by atoms with Gasteiger partial charge >= 0.3 is 0 Å². The summed E-state index contributed by atoms with van der Waals surface area (Å²) < 4.78 is 28.8. The molecule has 20 heavy (non-hydrogen) atoms. The molecule has 0 spiro atoms. The van der Waals surface area contributed by atoms with Gasteiger partial charge in [0.25, 0.3) is 0 Å². The average molecular weight is 294 g/mol. The normalized spacial score (nSPS) is 11.8. The van der Waals surface area contributed by atoms with E-state index in [-0.39, 0.29) is 10.9 Å². The van der Waals surface area contributed by atoms with Gasteiger partial charge in [-0.15, -0.1) is 0 Å². The monoisotopic (exact) mass is 294 g/mol. The molecular weight excluding hydrogens is 276 g/mol. The van der Waals surface area contributed by atoms with E-state index in [1.54, 1.807) is 62.2 Å². The van der Waals surface area contributed by atoms with E-state index in [0.717, 1.165) is 5.69 Å². The third-order valence-electron chi connectivity index (χ3n) is 2.55. The lowest BCUT2D eigenvalue weighted by molar-refractivity contribution is 0.570. The highest BCUT2D eigenvalue weighted by atomic mass is 32.2. The summed E-state index contributed by atoms with van der Waals surface area (Å²) in [6.45, 7) is 3.57. The van der Waals surface area contributed by atoms with Gasteiger partial charge in [-0.05, 0) is 26.0 Å². The standard InChI is InChI=1S/C13H18N4O2S/c1-10(2)16-20(18,19)13-7-5-4-6-12(13)15-11-8-14-17(3)9-11/h4-10,15-16H,1-3H3. The second kappa shape index (κ2) is 5.64. The van der Waals surface area contributed by atoms with Crippen molar-refractivity contribution in [2.45, 2.75) is 24.8 Å². The predicted octanol–water partition coefficient (Wildman–Crippen LogP) is 1.85. The summed E-state index contributed by atoms with van der Waals surface area (Å²) in [6, 6.07) is 6.62. The number of anilines is 2. The molecule has 0 fully saturated rings. The zero-order valence-electron chi connectivity index (χ0n) is 11.7. The first-order chi connectivity index (χ1) is 9.38. The lowest BCUT2D eigenvalue weighted by Crippen LogP contribution is -2.30. The first-order valence-corrected chi connectivity index (χ1v) is 7.74. The fourth-order valence-electron chi connectivity index (χ4n) is 1.82. The highest BCUT2D eigenvalue weighted by Crippen LogP contribution is 2.24. The maximum Gasteiger partial charge on any atom is 0.242 e.